The average molecular weight is 374 g/mol. The highest BCUT2D eigenvalue weighted by atomic mass is 14.9. The van der Waals surface area contributed by atoms with Crippen LogP contribution in [0.15, 0.2) is 53.5 Å². The van der Waals surface area contributed by atoms with Gasteiger partial charge in [0.15, 0.2) is 0 Å². The van der Waals surface area contributed by atoms with Gasteiger partial charge in [-0.2, -0.15) is 0 Å². The molecule has 2 aromatic carbocycles. The largest absolute Gasteiger partial charge is 0.289 e. The summed E-state index contributed by atoms with van der Waals surface area (Å²) in [6.45, 7) is 9.08. The Kier molecular flexibility index (Phi) is 5.71. The van der Waals surface area contributed by atoms with Crippen molar-refractivity contribution in [2.75, 3.05) is 0 Å². The van der Waals surface area contributed by atoms with Crippen molar-refractivity contribution in [1.82, 2.24) is 0 Å². The lowest BCUT2D eigenvalue weighted by atomic mass is 9.69. The van der Waals surface area contributed by atoms with Gasteiger partial charge in [-0.05, 0) is 50.2 Å². The molecule has 0 N–H and O–H groups in total. The molecule has 0 aromatic heterocycles. The maximum atomic E-state index is 5.47. The summed E-state index contributed by atoms with van der Waals surface area (Å²) in [5, 5.41) is 0. The van der Waals surface area contributed by atoms with Crippen molar-refractivity contribution >= 4 is 5.71 Å². The number of hydrogen-bond donors (Lipinski definition) is 0. The molecule has 28 heavy (non-hydrogen) atoms. The lowest BCUT2D eigenvalue weighted by molar-refractivity contribution is 0.343. The number of aryl methyl sites for hydroxylation is 2. The van der Waals surface area contributed by atoms with Crippen LogP contribution in [0.3, 0.4) is 0 Å². The molecule has 5 unspecified atom stereocenters. The maximum Gasteiger partial charge on any atom is 0.0599 e. The SMILES string of the molecule is CCC(C)C1N=C2C(Cc3ccc(C)cc3)CCCC2C1c1ccc(C)cc1. The lowest BCUT2D eigenvalue weighted by Gasteiger charge is -2.33. The number of rotatable bonds is 5. The highest BCUT2D eigenvalue weighted by Crippen LogP contribution is 2.47. The summed E-state index contributed by atoms with van der Waals surface area (Å²) in [6, 6.07) is 18.9. The zero-order chi connectivity index (χ0) is 19.7. The van der Waals surface area contributed by atoms with Crippen LogP contribution < -0.4 is 0 Å². The van der Waals surface area contributed by atoms with Gasteiger partial charge in [-0.1, -0.05) is 86.3 Å². The van der Waals surface area contributed by atoms with E-state index in [1.165, 1.54) is 47.9 Å². The molecule has 1 aliphatic heterocycles. The van der Waals surface area contributed by atoms with Gasteiger partial charge in [0.25, 0.3) is 0 Å². The van der Waals surface area contributed by atoms with E-state index in [9.17, 15) is 0 Å². The van der Waals surface area contributed by atoms with Crippen LogP contribution in [0.4, 0.5) is 0 Å². The van der Waals surface area contributed by atoms with E-state index in [1.807, 2.05) is 0 Å². The van der Waals surface area contributed by atoms with E-state index in [1.54, 1.807) is 5.71 Å². The first-order valence-corrected chi connectivity index (χ1v) is 11.3. The molecule has 1 heteroatoms. The van der Waals surface area contributed by atoms with Crippen LogP contribution >= 0.6 is 0 Å². The Morgan fingerprint density at radius 1 is 0.929 bits per heavy atom. The number of fused-ring (bicyclic) bond motifs is 1. The fraction of sp³-hybridized carbons (Fsp3) is 0.519. The van der Waals surface area contributed by atoms with Crippen LogP contribution in [0.1, 0.15) is 67.7 Å². The molecule has 2 aliphatic rings. The van der Waals surface area contributed by atoms with Crippen molar-refractivity contribution < 1.29 is 0 Å². The third-order valence-electron chi connectivity index (χ3n) is 7.26. The van der Waals surface area contributed by atoms with Gasteiger partial charge in [-0.3, -0.25) is 4.99 Å². The molecule has 1 nitrogen and oxygen atoms in total. The van der Waals surface area contributed by atoms with E-state index in [0.29, 0.717) is 29.7 Å². The van der Waals surface area contributed by atoms with Crippen molar-refractivity contribution in [2.45, 2.75) is 71.8 Å². The Morgan fingerprint density at radius 2 is 1.57 bits per heavy atom. The second kappa shape index (κ2) is 8.23. The second-order valence-corrected chi connectivity index (χ2v) is 9.29. The number of benzene rings is 2. The molecule has 0 radical (unpaired) electrons. The summed E-state index contributed by atoms with van der Waals surface area (Å²) < 4.78 is 0. The van der Waals surface area contributed by atoms with Crippen LogP contribution in [0, 0.1) is 31.6 Å². The maximum absolute atomic E-state index is 5.47. The smallest absolute Gasteiger partial charge is 0.0599 e. The monoisotopic (exact) mass is 373 g/mol. The zero-order valence-corrected chi connectivity index (χ0v) is 18.0. The molecule has 5 atom stereocenters. The molecule has 148 valence electrons. The normalized spacial score (nSPS) is 27.9. The van der Waals surface area contributed by atoms with Crippen molar-refractivity contribution in [3.8, 4) is 0 Å². The average Bonchev–Trinajstić information content (AvgIpc) is 3.10. The minimum atomic E-state index is 0.450. The molecular formula is C27H35N. The van der Waals surface area contributed by atoms with Gasteiger partial charge in [0.05, 0.1) is 6.04 Å². The Hall–Kier alpha value is -1.89. The number of hydrogen-bond acceptors (Lipinski definition) is 1. The van der Waals surface area contributed by atoms with Gasteiger partial charge in [-0.25, -0.2) is 0 Å². The fourth-order valence-electron chi connectivity index (χ4n) is 5.39. The van der Waals surface area contributed by atoms with E-state index in [4.69, 9.17) is 4.99 Å². The molecule has 0 amide bonds. The summed E-state index contributed by atoms with van der Waals surface area (Å²) in [7, 11) is 0. The molecular weight excluding hydrogens is 338 g/mol. The van der Waals surface area contributed by atoms with E-state index < -0.39 is 0 Å². The summed E-state index contributed by atoms with van der Waals surface area (Å²) in [4.78, 5) is 5.47. The van der Waals surface area contributed by atoms with Gasteiger partial charge in [0.2, 0.25) is 0 Å². The van der Waals surface area contributed by atoms with E-state index in [2.05, 4.69) is 76.2 Å². The first-order valence-electron chi connectivity index (χ1n) is 11.3. The van der Waals surface area contributed by atoms with Gasteiger partial charge in [0, 0.05) is 23.5 Å². The first-order chi connectivity index (χ1) is 13.6. The van der Waals surface area contributed by atoms with Gasteiger partial charge < -0.3 is 0 Å². The Morgan fingerprint density at radius 3 is 2.21 bits per heavy atom. The standard InChI is InChI=1S/C27H35N/c1-5-20(4)26-25(22-15-11-19(3)12-16-22)24-8-6-7-23(27(24)28-26)17-21-13-9-18(2)10-14-21/h9-16,20,23-26H,5-8,17H2,1-4H3. The van der Waals surface area contributed by atoms with E-state index in [0.717, 1.165) is 6.42 Å². The minimum absolute atomic E-state index is 0.450. The van der Waals surface area contributed by atoms with E-state index >= 15 is 0 Å². The third kappa shape index (κ3) is 3.81. The van der Waals surface area contributed by atoms with Crippen LogP contribution in [-0.4, -0.2) is 11.8 Å². The number of aliphatic imine (C=N–C) groups is 1. The quantitative estimate of drug-likeness (QED) is 0.539. The van der Waals surface area contributed by atoms with Gasteiger partial charge >= 0.3 is 0 Å². The highest BCUT2D eigenvalue weighted by Gasteiger charge is 2.45. The van der Waals surface area contributed by atoms with Gasteiger partial charge in [0.1, 0.15) is 0 Å². The van der Waals surface area contributed by atoms with Crippen LogP contribution in [0.2, 0.25) is 0 Å². The summed E-state index contributed by atoms with van der Waals surface area (Å²) in [5.74, 6) is 2.49. The van der Waals surface area contributed by atoms with Crippen molar-refractivity contribution in [2.24, 2.45) is 22.7 Å². The predicted octanol–water partition coefficient (Wildman–Crippen LogP) is 6.92. The first kappa shape index (κ1) is 19.4. The summed E-state index contributed by atoms with van der Waals surface area (Å²) in [5.41, 5.74) is 7.22. The highest BCUT2D eigenvalue weighted by molar-refractivity contribution is 5.93. The summed E-state index contributed by atoms with van der Waals surface area (Å²) in [6.07, 6.45) is 6.32. The molecule has 2 aromatic rings. The predicted molar refractivity (Wildman–Crippen MR) is 120 cm³/mol. The molecule has 4 rings (SSSR count). The second-order valence-electron chi connectivity index (χ2n) is 9.29. The van der Waals surface area contributed by atoms with Crippen LogP contribution in [0.25, 0.3) is 0 Å². The topological polar surface area (TPSA) is 12.4 Å². The van der Waals surface area contributed by atoms with Crippen molar-refractivity contribution in [3.05, 3.63) is 70.8 Å². The molecule has 1 aliphatic carbocycles. The lowest BCUT2D eigenvalue weighted by Crippen LogP contribution is -2.32. The van der Waals surface area contributed by atoms with E-state index in [-0.39, 0.29) is 0 Å². The zero-order valence-electron chi connectivity index (χ0n) is 18.0. The molecule has 0 bridgehead atoms. The third-order valence-corrected chi connectivity index (χ3v) is 7.26. The Balaban J connectivity index is 1.64. The molecule has 1 fully saturated rings. The minimum Gasteiger partial charge on any atom is -0.289 e. The summed E-state index contributed by atoms with van der Waals surface area (Å²) >= 11 is 0. The fourth-order valence-corrected chi connectivity index (χ4v) is 5.39. The molecule has 0 saturated heterocycles. The van der Waals surface area contributed by atoms with Crippen molar-refractivity contribution in [1.29, 1.82) is 0 Å². The van der Waals surface area contributed by atoms with Gasteiger partial charge in [-0.15, -0.1) is 0 Å². The van der Waals surface area contributed by atoms with Crippen molar-refractivity contribution in [3.63, 3.8) is 0 Å². The van der Waals surface area contributed by atoms with Crippen LogP contribution in [0.5, 0.6) is 0 Å². The van der Waals surface area contributed by atoms with Crippen LogP contribution in [-0.2, 0) is 6.42 Å². The molecule has 0 spiro atoms. The molecule has 1 heterocycles. The Labute approximate surface area is 171 Å². The molecule has 1 saturated carbocycles. The Bertz CT molecular complexity index is 814. The number of nitrogens with zero attached hydrogens (tertiary/aromatic N) is 1.